The first-order valence-electron chi connectivity index (χ1n) is 11.0. The van der Waals surface area contributed by atoms with E-state index in [1.54, 1.807) is 18.0 Å². The maximum Gasteiger partial charge on any atom is 0.273 e. The largest absolute Gasteiger partial charge is 0.355 e. The lowest BCUT2D eigenvalue weighted by Crippen LogP contribution is -2.26. The van der Waals surface area contributed by atoms with Gasteiger partial charge in [0.2, 0.25) is 5.95 Å². The van der Waals surface area contributed by atoms with Crippen LogP contribution in [-0.4, -0.2) is 40.4 Å². The van der Waals surface area contributed by atoms with E-state index < -0.39 is 0 Å². The Kier molecular flexibility index (Phi) is 5.37. The third-order valence-corrected chi connectivity index (χ3v) is 6.19. The second kappa shape index (κ2) is 8.51. The smallest absolute Gasteiger partial charge is 0.273 e. The van der Waals surface area contributed by atoms with Gasteiger partial charge in [0, 0.05) is 31.1 Å². The number of benzene rings is 3. The summed E-state index contributed by atoms with van der Waals surface area (Å²) in [5.41, 5.74) is 6.27. The molecular weight excluding hydrogens is 426 g/mol. The normalized spacial score (nSPS) is 12.5. The highest BCUT2D eigenvalue weighted by Crippen LogP contribution is 2.32. The quantitative estimate of drug-likeness (QED) is 0.466. The maximum atomic E-state index is 13.6. The Morgan fingerprint density at radius 1 is 1.00 bits per heavy atom. The molecule has 4 aromatic rings. The highest BCUT2D eigenvalue weighted by atomic mass is 16.2. The van der Waals surface area contributed by atoms with Crippen LogP contribution in [0.1, 0.15) is 37.5 Å². The van der Waals surface area contributed by atoms with Crippen LogP contribution >= 0.6 is 0 Å². The van der Waals surface area contributed by atoms with Gasteiger partial charge in [-0.15, -0.1) is 0 Å². The molecule has 7 nitrogen and oxygen atoms in total. The molecule has 1 aliphatic rings. The topological polar surface area (TPSA) is 87.5 Å². The van der Waals surface area contributed by atoms with Crippen molar-refractivity contribution in [2.75, 3.05) is 7.05 Å². The molecule has 0 saturated heterocycles. The highest BCUT2D eigenvalue weighted by Gasteiger charge is 2.27. The summed E-state index contributed by atoms with van der Waals surface area (Å²) in [4.78, 5) is 40.7. The van der Waals surface area contributed by atoms with E-state index in [-0.39, 0.29) is 23.5 Å². The zero-order chi connectivity index (χ0) is 23.8. The predicted molar refractivity (Wildman–Crippen MR) is 132 cm³/mol. The summed E-state index contributed by atoms with van der Waals surface area (Å²) in [6.07, 6.45) is 0. The minimum absolute atomic E-state index is 0.155. The number of carbonyl (C=O) groups is 2. The number of hydrogen-bond acceptors (Lipinski definition) is 5. The summed E-state index contributed by atoms with van der Waals surface area (Å²) in [6.45, 7) is 6.55. The Bertz CT molecular complexity index is 1450. The SMILES string of the molecule is C=Nc1nc(C(=O)N2Cc3ccccc3C2)c2cc(-c3c(C)cccc3C(=O)NC)ccc2n1. The van der Waals surface area contributed by atoms with Crippen molar-refractivity contribution in [2.24, 2.45) is 4.99 Å². The number of aliphatic imine (C=N–C) groups is 1. The molecule has 0 unspecified atom stereocenters. The molecule has 0 spiro atoms. The van der Waals surface area contributed by atoms with Crippen molar-refractivity contribution in [1.82, 2.24) is 20.2 Å². The predicted octanol–water partition coefficient (Wildman–Crippen LogP) is 4.45. The Morgan fingerprint density at radius 3 is 2.41 bits per heavy atom. The van der Waals surface area contributed by atoms with Crippen molar-refractivity contribution < 1.29 is 9.59 Å². The molecule has 7 heteroatoms. The summed E-state index contributed by atoms with van der Waals surface area (Å²) in [5, 5.41) is 3.31. The van der Waals surface area contributed by atoms with Gasteiger partial charge in [-0.2, -0.15) is 0 Å². The minimum atomic E-state index is -0.193. The molecule has 1 N–H and O–H groups in total. The van der Waals surface area contributed by atoms with Crippen LogP contribution in [0.4, 0.5) is 5.95 Å². The van der Waals surface area contributed by atoms with Crippen LogP contribution in [0.25, 0.3) is 22.0 Å². The van der Waals surface area contributed by atoms with Gasteiger partial charge in [0.05, 0.1) is 5.52 Å². The zero-order valence-electron chi connectivity index (χ0n) is 19.0. The molecule has 0 fully saturated rings. The van der Waals surface area contributed by atoms with Crippen molar-refractivity contribution in [2.45, 2.75) is 20.0 Å². The highest BCUT2D eigenvalue weighted by molar-refractivity contribution is 6.07. The van der Waals surface area contributed by atoms with Gasteiger partial charge in [0.25, 0.3) is 11.8 Å². The number of amides is 2. The fraction of sp³-hybridized carbons (Fsp3) is 0.148. The Balaban J connectivity index is 1.65. The van der Waals surface area contributed by atoms with Crippen molar-refractivity contribution in [1.29, 1.82) is 0 Å². The molecule has 0 saturated carbocycles. The fourth-order valence-corrected chi connectivity index (χ4v) is 4.51. The number of rotatable bonds is 4. The molecule has 0 radical (unpaired) electrons. The summed E-state index contributed by atoms with van der Waals surface area (Å²) in [5.74, 6) is -0.211. The molecule has 1 aliphatic heterocycles. The van der Waals surface area contributed by atoms with E-state index >= 15 is 0 Å². The molecule has 3 aromatic carbocycles. The first kappa shape index (κ1) is 21.5. The number of aromatic nitrogens is 2. The van der Waals surface area contributed by atoms with Gasteiger partial charge in [-0.25, -0.2) is 15.0 Å². The van der Waals surface area contributed by atoms with Crippen LogP contribution in [0.2, 0.25) is 0 Å². The molecule has 5 rings (SSSR count). The van der Waals surface area contributed by atoms with Crippen LogP contribution in [-0.2, 0) is 13.1 Å². The van der Waals surface area contributed by atoms with Gasteiger partial charge in [-0.1, -0.05) is 42.5 Å². The first-order chi connectivity index (χ1) is 16.5. The van der Waals surface area contributed by atoms with E-state index in [1.165, 1.54) is 0 Å². The monoisotopic (exact) mass is 449 g/mol. The van der Waals surface area contributed by atoms with E-state index in [9.17, 15) is 9.59 Å². The molecule has 0 bridgehead atoms. The summed E-state index contributed by atoms with van der Waals surface area (Å²) in [6, 6.07) is 19.2. The number of nitrogens with one attached hydrogen (secondary N) is 1. The van der Waals surface area contributed by atoms with Crippen molar-refractivity contribution in [3.63, 3.8) is 0 Å². The molecular formula is C27H23N5O2. The second-order valence-electron chi connectivity index (χ2n) is 8.27. The zero-order valence-corrected chi connectivity index (χ0v) is 19.0. The number of hydrogen-bond donors (Lipinski definition) is 1. The Morgan fingerprint density at radius 2 is 1.74 bits per heavy atom. The average molecular weight is 450 g/mol. The lowest BCUT2D eigenvalue weighted by atomic mass is 9.93. The van der Waals surface area contributed by atoms with Gasteiger partial charge >= 0.3 is 0 Å². The van der Waals surface area contributed by atoms with Crippen molar-refractivity contribution in [3.05, 3.63) is 88.6 Å². The van der Waals surface area contributed by atoms with E-state index in [4.69, 9.17) is 0 Å². The van der Waals surface area contributed by atoms with Crippen LogP contribution in [0.3, 0.4) is 0 Å². The van der Waals surface area contributed by atoms with Gasteiger partial charge < -0.3 is 10.2 Å². The first-order valence-corrected chi connectivity index (χ1v) is 11.0. The van der Waals surface area contributed by atoms with Crippen LogP contribution in [0.15, 0.2) is 65.7 Å². The van der Waals surface area contributed by atoms with E-state index in [1.807, 2.05) is 61.5 Å². The van der Waals surface area contributed by atoms with Crippen molar-refractivity contribution >= 4 is 35.4 Å². The number of nitrogens with zero attached hydrogens (tertiary/aromatic N) is 4. The van der Waals surface area contributed by atoms with Gasteiger partial charge in [0.15, 0.2) is 0 Å². The molecule has 2 heterocycles. The average Bonchev–Trinajstić information content (AvgIpc) is 3.31. The fourth-order valence-electron chi connectivity index (χ4n) is 4.51. The number of carbonyl (C=O) groups excluding carboxylic acids is 2. The van der Waals surface area contributed by atoms with E-state index in [2.05, 4.69) is 27.0 Å². The van der Waals surface area contributed by atoms with Crippen LogP contribution in [0.5, 0.6) is 0 Å². The van der Waals surface area contributed by atoms with Gasteiger partial charge in [0.1, 0.15) is 5.69 Å². The number of fused-ring (bicyclic) bond motifs is 2. The summed E-state index contributed by atoms with van der Waals surface area (Å²) < 4.78 is 0. The van der Waals surface area contributed by atoms with Gasteiger partial charge in [-0.3, -0.25) is 9.59 Å². The number of aryl methyl sites for hydroxylation is 1. The lowest BCUT2D eigenvalue weighted by molar-refractivity contribution is 0.0747. The molecule has 168 valence electrons. The molecule has 2 amide bonds. The van der Waals surface area contributed by atoms with Gasteiger partial charge in [-0.05, 0) is 59.7 Å². The second-order valence-corrected chi connectivity index (χ2v) is 8.27. The minimum Gasteiger partial charge on any atom is -0.355 e. The molecule has 34 heavy (non-hydrogen) atoms. The third-order valence-electron chi connectivity index (χ3n) is 6.19. The molecule has 0 aliphatic carbocycles. The van der Waals surface area contributed by atoms with Crippen LogP contribution < -0.4 is 5.32 Å². The Labute approximate surface area is 197 Å². The summed E-state index contributed by atoms with van der Waals surface area (Å²) in [7, 11) is 1.61. The standard InChI is InChI=1S/C27H23N5O2/c1-16-7-6-10-20(25(33)28-2)23(16)17-11-12-22-21(13-17)24(31-27(29-3)30-22)26(34)32-14-18-8-4-5-9-19(18)15-32/h4-13H,3,14-15H2,1-2H3,(H,28,33). The molecule has 0 atom stereocenters. The third kappa shape index (κ3) is 3.61. The summed E-state index contributed by atoms with van der Waals surface area (Å²) >= 11 is 0. The Hall–Kier alpha value is -4.39. The van der Waals surface area contributed by atoms with Crippen molar-refractivity contribution in [3.8, 4) is 11.1 Å². The van der Waals surface area contributed by atoms with E-state index in [0.29, 0.717) is 29.6 Å². The molecule has 1 aromatic heterocycles. The lowest BCUT2D eigenvalue weighted by Gasteiger charge is -2.17. The maximum absolute atomic E-state index is 13.6. The van der Waals surface area contributed by atoms with Crippen LogP contribution in [0, 0.1) is 6.92 Å². The van der Waals surface area contributed by atoms with E-state index in [0.717, 1.165) is 27.8 Å².